The Labute approximate surface area is 120 Å². The van der Waals surface area contributed by atoms with Gasteiger partial charge in [0.15, 0.2) is 0 Å². The molecule has 2 unspecified atom stereocenters. The molecule has 1 rings (SSSR count). The van der Waals surface area contributed by atoms with Crippen LogP contribution in [0, 0.1) is 5.41 Å². The lowest BCUT2D eigenvalue weighted by molar-refractivity contribution is 0.119. The molecule has 1 aliphatic rings. The average molecular weight is 269 g/mol. The number of hydrogen-bond donors (Lipinski definition) is 1. The van der Waals surface area contributed by atoms with Crippen molar-refractivity contribution in [3.63, 3.8) is 0 Å². The van der Waals surface area contributed by atoms with Crippen molar-refractivity contribution in [1.29, 1.82) is 0 Å². The highest BCUT2D eigenvalue weighted by Crippen LogP contribution is 2.24. The van der Waals surface area contributed by atoms with Gasteiger partial charge in [0, 0.05) is 31.7 Å². The molecule has 3 nitrogen and oxygen atoms in total. The van der Waals surface area contributed by atoms with E-state index < -0.39 is 0 Å². The zero-order valence-electron chi connectivity index (χ0n) is 14.0. The Balaban J connectivity index is 2.57. The van der Waals surface area contributed by atoms with Crippen molar-refractivity contribution in [2.75, 3.05) is 39.8 Å². The lowest BCUT2D eigenvalue weighted by atomic mass is 9.86. The Hall–Kier alpha value is -0.120. The minimum atomic E-state index is 0.390. The first-order chi connectivity index (χ1) is 8.86. The van der Waals surface area contributed by atoms with Gasteiger partial charge in [-0.2, -0.15) is 0 Å². The molecule has 0 bridgehead atoms. The van der Waals surface area contributed by atoms with Crippen LogP contribution >= 0.6 is 0 Å². The van der Waals surface area contributed by atoms with Gasteiger partial charge in [-0.1, -0.05) is 27.7 Å². The van der Waals surface area contributed by atoms with Crippen molar-refractivity contribution < 1.29 is 0 Å². The maximum absolute atomic E-state index is 3.63. The molecule has 0 spiro atoms. The fourth-order valence-corrected chi connectivity index (χ4v) is 2.89. The number of nitrogens with one attached hydrogen (secondary N) is 1. The van der Waals surface area contributed by atoms with Crippen LogP contribution in [-0.2, 0) is 0 Å². The molecule has 3 heteroatoms. The molecule has 1 N–H and O–H groups in total. The zero-order valence-corrected chi connectivity index (χ0v) is 14.0. The molecule has 1 saturated heterocycles. The first-order valence-electron chi connectivity index (χ1n) is 8.02. The topological polar surface area (TPSA) is 18.5 Å². The largest absolute Gasteiger partial charge is 0.314 e. The lowest BCUT2D eigenvalue weighted by Crippen LogP contribution is -2.47. The first kappa shape index (κ1) is 16.9. The minimum absolute atomic E-state index is 0.390. The number of nitrogens with zero attached hydrogens (tertiary/aromatic N) is 2. The van der Waals surface area contributed by atoms with Gasteiger partial charge in [-0.05, 0) is 45.3 Å². The molecule has 0 aromatic rings. The Bertz CT molecular complexity index is 254. The highest BCUT2D eigenvalue weighted by molar-refractivity contribution is 4.84. The molecule has 1 fully saturated rings. The van der Waals surface area contributed by atoms with Gasteiger partial charge < -0.3 is 10.2 Å². The molecule has 1 heterocycles. The summed E-state index contributed by atoms with van der Waals surface area (Å²) in [5.41, 5.74) is 0.390. The third-order valence-corrected chi connectivity index (χ3v) is 4.56. The molecule has 19 heavy (non-hydrogen) atoms. The zero-order chi connectivity index (χ0) is 14.5. The van der Waals surface area contributed by atoms with E-state index in [0.29, 0.717) is 17.5 Å². The van der Waals surface area contributed by atoms with Crippen molar-refractivity contribution in [1.82, 2.24) is 15.1 Å². The summed E-state index contributed by atoms with van der Waals surface area (Å²) >= 11 is 0. The molecule has 0 aliphatic carbocycles. The van der Waals surface area contributed by atoms with Crippen LogP contribution in [0.5, 0.6) is 0 Å². The molecule has 0 aromatic heterocycles. The normalized spacial score (nSPS) is 26.4. The summed E-state index contributed by atoms with van der Waals surface area (Å²) in [5, 5.41) is 3.63. The van der Waals surface area contributed by atoms with Crippen molar-refractivity contribution in [2.24, 2.45) is 5.41 Å². The Morgan fingerprint density at radius 3 is 2.58 bits per heavy atom. The number of hydrogen-bond acceptors (Lipinski definition) is 3. The Kier molecular flexibility index (Phi) is 6.78. The third kappa shape index (κ3) is 5.80. The summed E-state index contributed by atoms with van der Waals surface area (Å²) in [6, 6.07) is 1.26. The van der Waals surface area contributed by atoms with Crippen LogP contribution in [0.25, 0.3) is 0 Å². The number of likely N-dealkylation sites (N-methyl/N-ethyl adjacent to an activating group) is 1. The summed E-state index contributed by atoms with van der Waals surface area (Å²) in [6.07, 6.45) is 2.55. The fraction of sp³-hybridized carbons (Fsp3) is 1.00. The van der Waals surface area contributed by atoms with Gasteiger partial charge in [-0.3, -0.25) is 4.90 Å². The fourth-order valence-electron chi connectivity index (χ4n) is 2.89. The highest BCUT2D eigenvalue weighted by Gasteiger charge is 2.29. The summed E-state index contributed by atoms with van der Waals surface area (Å²) in [6.45, 7) is 17.7. The molecule has 0 saturated carbocycles. The monoisotopic (exact) mass is 269 g/mol. The molecule has 0 aromatic carbocycles. The van der Waals surface area contributed by atoms with Gasteiger partial charge in [0.2, 0.25) is 0 Å². The maximum atomic E-state index is 3.63. The van der Waals surface area contributed by atoms with Gasteiger partial charge in [-0.25, -0.2) is 0 Å². The van der Waals surface area contributed by atoms with E-state index in [-0.39, 0.29) is 0 Å². The summed E-state index contributed by atoms with van der Waals surface area (Å²) in [7, 11) is 2.25. The van der Waals surface area contributed by atoms with Crippen LogP contribution in [0.2, 0.25) is 0 Å². The average Bonchev–Trinajstić information content (AvgIpc) is 2.49. The van der Waals surface area contributed by atoms with Crippen molar-refractivity contribution >= 4 is 0 Å². The second-order valence-corrected chi connectivity index (χ2v) is 7.14. The van der Waals surface area contributed by atoms with Gasteiger partial charge in [0.1, 0.15) is 0 Å². The standard InChI is InChI=1S/C16H35N3/c1-7-16(5,12-17-14(2)3)13-19-10-8-9-18(6)11-15(19)4/h14-15,17H,7-13H2,1-6H3. The molecule has 0 amide bonds. The SMILES string of the molecule is CCC(C)(CNC(C)C)CN1CCCN(C)CC1C. The molecular weight excluding hydrogens is 234 g/mol. The highest BCUT2D eigenvalue weighted by atomic mass is 15.2. The summed E-state index contributed by atoms with van der Waals surface area (Å²) < 4.78 is 0. The number of rotatable bonds is 6. The van der Waals surface area contributed by atoms with Crippen molar-refractivity contribution in [3.05, 3.63) is 0 Å². The molecular formula is C16H35N3. The Morgan fingerprint density at radius 1 is 1.32 bits per heavy atom. The quantitative estimate of drug-likeness (QED) is 0.799. The van der Waals surface area contributed by atoms with Crippen LogP contribution < -0.4 is 5.32 Å². The van der Waals surface area contributed by atoms with E-state index in [1.165, 1.54) is 39.0 Å². The van der Waals surface area contributed by atoms with Crippen LogP contribution in [0.15, 0.2) is 0 Å². The predicted octanol–water partition coefficient (Wildman–Crippen LogP) is 2.43. The summed E-state index contributed by atoms with van der Waals surface area (Å²) in [4.78, 5) is 5.18. The Morgan fingerprint density at radius 2 is 2.00 bits per heavy atom. The van der Waals surface area contributed by atoms with E-state index in [1.807, 2.05) is 0 Å². The van der Waals surface area contributed by atoms with E-state index in [2.05, 4.69) is 56.8 Å². The smallest absolute Gasteiger partial charge is 0.0195 e. The van der Waals surface area contributed by atoms with Crippen LogP contribution in [-0.4, -0.2) is 61.7 Å². The van der Waals surface area contributed by atoms with Gasteiger partial charge >= 0.3 is 0 Å². The molecule has 2 atom stereocenters. The first-order valence-corrected chi connectivity index (χ1v) is 8.02. The minimum Gasteiger partial charge on any atom is -0.314 e. The van der Waals surface area contributed by atoms with E-state index in [4.69, 9.17) is 0 Å². The maximum Gasteiger partial charge on any atom is 0.0195 e. The molecule has 114 valence electrons. The second kappa shape index (κ2) is 7.61. The molecule has 0 radical (unpaired) electrons. The van der Waals surface area contributed by atoms with E-state index in [9.17, 15) is 0 Å². The predicted molar refractivity (Wildman–Crippen MR) is 84.7 cm³/mol. The second-order valence-electron chi connectivity index (χ2n) is 7.14. The van der Waals surface area contributed by atoms with Gasteiger partial charge in [0.25, 0.3) is 0 Å². The van der Waals surface area contributed by atoms with Crippen LogP contribution in [0.1, 0.15) is 47.5 Å². The van der Waals surface area contributed by atoms with Crippen LogP contribution in [0.4, 0.5) is 0 Å². The van der Waals surface area contributed by atoms with E-state index >= 15 is 0 Å². The van der Waals surface area contributed by atoms with Gasteiger partial charge in [-0.15, -0.1) is 0 Å². The molecule has 1 aliphatic heterocycles. The van der Waals surface area contributed by atoms with Gasteiger partial charge in [0.05, 0.1) is 0 Å². The van der Waals surface area contributed by atoms with Crippen molar-refractivity contribution in [3.8, 4) is 0 Å². The van der Waals surface area contributed by atoms with Crippen LogP contribution in [0.3, 0.4) is 0 Å². The van der Waals surface area contributed by atoms with E-state index in [0.717, 1.165) is 6.54 Å². The van der Waals surface area contributed by atoms with Crippen molar-refractivity contribution in [2.45, 2.75) is 59.5 Å². The third-order valence-electron chi connectivity index (χ3n) is 4.56. The summed E-state index contributed by atoms with van der Waals surface area (Å²) in [5.74, 6) is 0. The lowest BCUT2D eigenvalue weighted by Gasteiger charge is -2.38. The van der Waals surface area contributed by atoms with E-state index in [1.54, 1.807) is 0 Å².